The van der Waals surface area contributed by atoms with Crippen LogP contribution in [0, 0.1) is 6.92 Å². The number of aromatic nitrogens is 4. The van der Waals surface area contributed by atoms with E-state index in [0.717, 1.165) is 16.9 Å². The monoisotopic (exact) mass is 330 g/mol. The molecule has 24 heavy (non-hydrogen) atoms. The summed E-state index contributed by atoms with van der Waals surface area (Å²) in [4.78, 5) is 12.7. The Kier molecular flexibility index (Phi) is 5.68. The standard InChI is InChI=1S/C17H22N4O3/c1-11(2)23-15-9-13(5)8-14(10-15)17-18-20-21(19-17)7-6-16(22)24-12(3)4/h6-12H,1-5H3/b7-6-. The maximum atomic E-state index is 11.5. The van der Waals surface area contributed by atoms with Gasteiger partial charge in [-0.3, -0.25) is 0 Å². The van der Waals surface area contributed by atoms with Crippen LogP contribution in [-0.2, 0) is 9.53 Å². The Morgan fingerprint density at radius 1 is 1.17 bits per heavy atom. The van der Waals surface area contributed by atoms with Crippen molar-refractivity contribution in [2.24, 2.45) is 0 Å². The first-order valence-corrected chi connectivity index (χ1v) is 7.80. The Hall–Kier alpha value is -2.70. The molecule has 2 aromatic rings. The molecule has 128 valence electrons. The molecule has 0 atom stereocenters. The summed E-state index contributed by atoms with van der Waals surface area (Å²) in [7, 11) is 0. The van der Waals surface area contributed by atoms with E-state index in [1.165, 1.54) is 17.1 Å². The van der Waals surface area contributed by atoms with Crippen LogP contribution in [-0.4, -0.2) is 38.4 Å². The molecule has 0 amide bonds. The molecule has 0 aliphatic heterocycles. The first kappa shape index (κ1) is 17.7. The first-order valence-electron chi connectivity index (χ1n) is 7.80. The molecule has 0 aliphatic carbocycles. The molecule has 0 saturated carbocycles. The number of hydrogen-bond acceptors (Lipinski definition) is 6. The van der Waals surface area contributed by atoms with Crippen LogP contribution in [0.4, 0.5) is 0 Å². The summed E-state index contributed by atoms with van der Waals surface area (Å²) in [5, 5.41) is 12.2. The van der Waals surface area contributed by atoms with Gasteiger partial charge in [-0.1, -0.05) is 0 Å². The van der Waals surface area contributed by atoms with Crippen LogP contribution in [0.1, 0.15) is 33.3 Å². The van der Waals surface area contributed by atoms with Gasteiger partial charge in [0.2, 0.25) is 5.82 Å². The zero-order valence-corrected chi connectivity index (χ0v) is 14.6. The third-order valence-corrected chi connectivity index (χ3v) is 2.80. The fourth-order valence-corrected chi connectivity index (χ4v) is 2.02. The van der Waals surface area contributed by atoms with Crippen LogP contribution in [0.15, 0.2) is 24.3 Å². The normalized spacial score (nSPS) is 11.5. The van der Waals surface area contributed by atoms with Crippen molar-refractivity contribution < 1.29 is 14.3 Å². The van der Waals surface area contributed by atoms with E-state index in [1.54, 1.807) is 13.8 Å². The highest BCUT2D eigenvalue weighted by atomic mass is 16.5. The van der Waals surface area contributed by atoms with Gasteiger partial charge >= 0.3 is 5.97 Å². The summed E-state index contributed by atoms with van der Waals surface area (Å²) in [5.74, 6) is 0.758. The Morgan fingerprint density at radius 2 is 1.92 bits per heavy atom. The zero-order valence-electron chi connectivity index (χ0n) is 14.6. The van der Waals surface area contributed by atoms with Gasteiger partial charge < -0.3 is 9.47 Å². The molecule has 0 aliphatic rings. The van der Waals surface area contributed by atoms with Gasteiger partial charge in [-0.15, -0.1) is 15.0 Å². The number of tetrazole rings is 1. The highest BCUT2D eigenvalue weighted by molar-refractivity contribution is 5.84. The van der Waals surface area contributed by atoms with E-state index >= 15 is 0 Å². The molecule has 2 rings (SSSR count). The Bertz CT molecular complexity index is 735. The number of esters is 1. The number of benzene rings is 1. The summed E-state index contributed by atoms with van der Waals surface area (Å²) in [6, 6.07) is 5.77. The van der Waals surface area contributed by atoms with Crippen molar-refractivity contribution in [3.8, 4) is 17.1 Å². The summed E-state index contributed by atoms with van der Waals surface area (Å²) in [6.07, 6.45) is 2.57. The predicted octanol–water partition coefficient (Wildman–Crippen LogP) is 2.86. The lowest BCUT2D eigenvalue weighted by atomic mass is 10.1. The van der Waals surface area contributed by atoms with Crippen molar-refractivity contribution in [1.29, 1.82) is 0 Å². The largest absolute Gasteiger partial charge is 0.491 e. The maximum absolute atomic E-state index is 11.5. The number of aryl methyl sites for hydroxylation is 1. The average molecular weight is 330 g/mol. The van der Waals surface area contributed by atoms with E-state index in [2.05, 4.69) is 15.4 Å². The number of carbonyl (C=O) groups is 1. The Balaban J connectivity index is 2.17. The average Bonchev–Trinajstić information content (AvgIpc) is 2.92. The second-order valence-corrected chi connectivity index (χ2v) is 5.94. The summed E-state index contributed by atoms with van der Waals surface area (Å²) < 4.78 is 10.7. The van der Waals surface area contributed by atoms with E-state index in [-0.39, 0.29) is 12.2 Å². The van der Waals surface area contributed by atoms with Crippen molar-refractivity contribution in [3.05, 3.63) is 29.8 Å². The van der Waals surface area contributed by atoms with Gasteiger partial charge in [0.05, 0.1) is 18.4 Å². The third-order valence-electron chi connectivity index (χ3n) is 2.80. The highest BCUT2D eigenvalue weighted by Gasteiger charge is 2.09. The molecule has 1 aromatic carbocycles. The van der Waals surface area contributed by atoms with Crippen molar-refractivity contribution >= 4 is 12.2 Å². The van der Waals surface area contributed by atoms with Crippen LogP contribution < -0.4 is 4.74 Å². The second kappa shape index (κ2) is 7.72. The molecule has 0 bridgehead atoms. The zero-order chi connectivity index (χ0) is 17.7. The predicted molar refractivity (Wildman–Crippen MR) is 90.3 cm³/mol. The fraction of sp³-hybridized carbons (Fsp3) is 0.412. The number of hydrogen-bond donors (Lipinski definition) is 0. The van der Waals surface area contributed by atoms with Crippen LogP contribution in [0.25, 0.3) is 17.6 Å². The van der Waals surface area contributed by atoms with Gasteiger partial charge in [0.25, 0.3) is 0 Å². The molecule has 1 aromatic heterocycles. The molecule has 7 heteroatoms. The summed E-state index contributed by atoms with van der Waals surface area (Å²) >= 11 is 0. The third kappa shape index (κ3) is 5.19. The highest BCUT2D eigenvalue weighted by Crippen LogP contribution is 2.23. The van der Waals surface area contributed by atoms with E-state index < -0.39 is 5.97 Å². The smallest absolute Gasteiger partial charge is 0.332 e. The molecule has 0 unspecified atom stereocenters. The molecule has 0 fully saturated rings. The van der Waals surface area contributed by atoms with Crippen molar-refractivity contribution in [2.75, 3.05) is 0 Å². The molecule has 0 radical (unpaired) electrons. The van der Waals surface area contributed by atoms with E-state index in [1.807, 2.05) is 39.0 Å². The van der Waals surface area contributed by atoms with E-state index in [0.29, 0.717) is 5.82 Å². The SMILES string of the molecule is Cc1cc(OC(C)C)cc(-c2nnn(/C=C\C(=O)OC(C)C)n2)c1. The molecular weight excluding hydrogens is 308 g/mol. The first-order chi connectivity index (χ1) is 11.3. The lowest BCUT2D eigenvalue weighted by Gasteiger charge is -2.11. The van der Waals surface area contributed by atoms with E-state index in [9.17, 15) is 4.79 Å². The minimum absolute atomic E-state index is 0.0817. The molecular formula is C17H22N4O3. The minimum atomic E-state index is -0.452. The quantitative estimate of drug-likeness (QED) is 0.598. The van der Waals surface area contributed by atoms with Crippen LogP contribution in [0.2, 0.25) is 0 Å². The lowest BCUT2D eigenvalue weighted by molar-refractivity contribution is -0.141. The molecule has 1 heterocycles. The lowest BCUT2D eigenvalue weighted by Crippen LogP contribution is -2.08. The van der Waals surface area contributed by atoms with Crippen LogP contribution in [0.5, 0.6) is 5.75 Å². The topological polar surface area (TPSA) is 79.1 Å². The summed E-state index contributed by atoms with van der Waals surface area (Å²) in [6.45, 7) is 9.48. The molecule has 7 nitrogen and oxygen atoms in total. The van der Waals surface area contributed by atoms with Crippen LogP contribution >= 0.6 is 0 Å². The van der Waals surface area contributed by atoms with Crippen LogP contribution in [0.3, 0.4) is 0 Å². The summed E-state index contributed by atoms with van der Waals surface area (Å²) in [5.41, 5.74) is 1.84. The second-order valence-electron chi connectivity index (χ2n) is 5.94. The maximum Gasteiger partial charge on any atom is 0.332 e. The number of rotatable bonds is 6. The van der Waals surface area contributed by atoms with Crippen molar-refractivity contribution in [2.45, 2.75) is 46.8 Å². The van der Waals surface area contributed by atoms with Gasteiger partial charge in [-0.2, -0.15) is 0 Å². The Labute approximate surface area is 141 Å². The Morgan fingerprint density at radius 3 is 2.58 bits per heavy atom. The number of carbonyl (C=O) groups excluding carboxylic acids is 1. The molecule has 0 saturated heterocycles. The van der Waals surface area contributed by atoms with Gasteiger partial charge in [0.1, 0.15) is 5.75 Å². The van der Waals surface area contributed by atoms with E-state index in [4.69, 9.17) is 9.47 Å². The number of nitrogens with zero attached hydrogens (tertiary/aromatic N) is 4. The molecule has 0 spiro atoms. The number of ether oxygens (including phenoxy) is 2. The minimum Gasteiger partial charge on any atom is -0.491 e. The fourth-order valence-electron chi connectivity index (χ4n) is 2.02. The van der Waals surface area contributed by atoms with Gasteiger partial charge in [-0.25, -0.2) is 4.79 Å². The molecule has 0 N–H and O–H groups in total. The van der Waals surface area contributed by atoms with Crippen molar-refractivity contribution in [3.63, 3.8) is 0 Å². The van der Waals surface area contributed by atoms with Gasteiger partial charge in [-0.05, 0) is 63.6 Å². The van der Waals surface area contributed by atoms with Crippen molar-refractivity contribution in [1.82, 2.24) is 20.2 Å². The van der Waals surface area contributed by atoms with Gasteiger partial charge in [0.15, 0.2) is 0 Å². The van der Waals surface area contributed by atoms with Gasteiger partial charge in [0, 0.05) is 11.6 Å².